The third kappa shape index (κ3) is 5.27. The van der Waals surface area contributed by atoms with E-state index in [1.54, 1.807) is 0 Å². The highest BCUT2D eigenvalue weighted by Gasteiger charge is 2.36. The first-order chi connectivity index (χ1) is 16.9. The van der Waals surface area contributed by atoms with Crippen LogP contribution >= 0.6 is 0 Å². The minimum Gasteiger partial charge on any atom is -0.494 e. The van der Waals surface area contributed by atoms with Crippen molar-refractivity contribution in [2.75, 3.05) is 51.3 Å². The van der Waals surface area contributed by atoms with Crippen LogP contribution in [0.15, 0.2) is 53.7 Å². The van der Waals surface area contributed by atoms with Crippen molar-refractivity contribution < 1.29 is 19.1 Å². The maximum Gasteiger partial charge on any atom is 0.338 e. The summed E-state index contributed by atoms with van der Waals surface area (Å²) in [6.45, 7) is 10.5. The van der Waals surface area contributed by atoms with Gasteiger partial charge in [0.05, 0.1) is 25.3 Å². The lowest BCUT2D eigenvalue weighted by Gasteiger charge is -2.38. The van der Waals surface area contributed by atoms with Crippen molar-refractivity contribution in [3.8, 4) is 5.75 Å². The highest BCUT2D eigenvalue weighted by atomic mass is 16.5. The highest BCUT2D eigenvalue weighted by Crippen LogP contribution is 2.34. The smallest absolute Gasteiger partial charge is 0.338 e. The van der Waals surface area contributed by atoms with Gasteiger partial charge in [-0.05, 0) is 44.0 Å². The number of piperazine rings is 1. The Hall–Kier alpha value is -3.52. The van der Waals surface area contributed by atoms with Crippen LogP contribution in [0, 0.1) is 13.8 Å². The molecule has 2 aromatic rings. The largest absolute Gasteiger partial charge is 0.494 e. The third-order valence-corrected chi connectivity index (χ3v) is 6.76. The summed E-state index contributed by atoms with van der Waals surface area (Å²) in [5.41, 5.74) is 5.55. The van der Waals surface area contributed by atoms with Crippen LogP contribution in [0.5, 0.6) is 5.75 Å². The molecule has 8 nitrogen and oxygen atoms in total. The van der Waals surface area contributed by atoms with Crippen LogP contribution in [0.4, 0.5) is 10.5 Å². The Labute approximate surface area is 206 Å². The molecule has 0 bridgehead atoms. The Balaban J connectivity index is 1.58. The Morgan fingerprint density at radius 1 is 1.06 bits per heavy atom. The maximum atomic E-state index is 12.9. The first kappa shape index (κ1) is 24.6. The molecule has 0 aromatic heterocycles. The van der Waals surface area contributed by atoms with E-state index in [1.165, 1.54) is 23.9 Å². The molecule has 2 aliphatic heterocycles. The zero-order valence-corrected chi connectivity index (χ0v) is 20.9. The standard InChI is InChI=1S/C27H34N4O4/c1-5-35-23-12-7-6-10-20(23)25-24(26(32)34-4)21(28-27(33)29-25)17-30-13-15-31(16-14-30)22-11-8-9-18(2)19(22)3/h6-12,25H,5,13-17H2,1-4H3,(H2,28,29,33)/t25-/m1/s1. The number of carbonyl (C=O) groups excluding carboxylic acids is 2. The molecule has 1 atom stereocenters. The van der Waals surface area contributed by atoms with Gasteiger partial charge in [0, 0.05) is 49.7 Å². The Kier molecular flexibility index (Phi) is 7.60. The van der Waals surface area contributed by atoms with Crippen molar-refractivity contribution in [3.63, 3.8) is 0 Å². The van der Waals surface area contributed by atoms with Crippen molar-refractivity contribution in [1.29, 1.82) is 0 Å². The number of nitrogens with zero attached hydrogens (tertiary/aromatic N) is 2. The number of esters is 1. The number of anilines is 1. The van der Waals surface area contributed by atoms with Crippen molar-refractivity contribution in [1.82, 2.24) is 15.5 Å². The number of ether oxygens (including phenoxy) is 2. The van der Waals surface area contributed by atoms with Gasteiger partial charge < -0.3 is 25.0 Å². The second kappa shape index (κ2) is 10.8. The molecule has 35 heavy (non-hydrogen) atoms. The molecule has 2 aromatic carbocycles. The van der Waals surface area contributed by atoms with E-state index in [2.05, 4.69) is 52.5 Å². The van der Waals surface area contributed by atoms with Crippen LogP contribution in [0.2, 0.25) is 0 Å². The van der Waals surface area contributed by atoms with Crippen LogP contribution in [0.1, 0.15) is 29.7 Å². The van der Waals surface area contributed by atoms with E-state index in [0.29, 0.717) is 30.2 Å². The van der Waals surface area contributed by atoms with Gasteiger partial charge in [0.2, 0.25) is 0 Å². The van der Waals surface area contributed by atoms with Gasteiger partial charge in [-0.2, -0.15) is 0 Å². The summed E-state index contributed by atoms with van der Waals surface area (Å²) in [5.74, 6) is 0.155. The number of para-hydroxylation sites is 1. The van der Waals surface area contributed by atoms with Crippen molar-refractivity contribution in [3.05, 3.63) is 70.4 Å². The number of hydrogen-bond acceptors (Lipinski definition) is 6. The Bertz CT molecular complexity index is 1120. The topological polar surface area (TPSA) is 83.1 Å². The molecule has 2 heterocycles. The normalized spacial score (nSPS) is 18.7. The average molecular weight is 479 g/mol. The van der Waals surface area contributed by atoms with Crippen LogP contribution in [-0.4, -0.2) is 63.3 Å². The van der Waals surface area contributed by atoms with E-state index in [9.17, 15) is 9.59 Å². The summed E-state index contributed by atoms with van der Waals surface area (Å²) in [4.78, 5) is 30.3. The number of urea groups is 1. The zero-order chi connectivity index (χ0) is 24.9. The molecule has 2 amide bonds. The summed E-state index contributed by atoms with van der Waals surface area (Å²) in [7, 11) is 1.36. The van der Waals surface area contributed by atoms with E-state index in [1.807, 2.05) is 31.2 Å². The van der Waals surface area contributed by atoms with E-state index in [4.69, 9.17) is 9.47 Å². The second-order valence-corrected chi connectivity index (χ2v) is 8.87. The quantitative estimate of drug-likeness (QED) is 0.594. The van der Waals surface area contributed by atoms with Gasteiger partial charge in [-0.15, -0.1) is 0 Å². The Morgan fingerprint density at radius 3 is 2.51 bits per heavy atom. The fraction of sp³-hybridized carbons (Fsp3) is 0.407. The number of amides is 2. The first-order valence-corrected chi connectivity index (χ1v) is 12.1. The molecule has 2 aliphatic rings. The summed E-state index contributed by atoms with van der Waals surface area (Å²) in [6, 6.07) is 12.8. The van der Waals surface area contributed by atoms with Crippen molar-refractivity contribution in [2.24, 2.45) is 0 Å². The molecule has 0 aliphatic carbocycles. The molecule has 0 saturated carbocycles. The molecular formula is C27H34N4O4. The fourth-order valence-electron chi connectivity index (χ4n) is 4.78. The van der Waals surface area contributed by atoms with Gasteiger partial charge >= 0.3 is 12.0 Å². The lowest BCUT2D eigenvalue weighted by molar-refractivity contribution is -0.136. The van der Waals surface area contributed by atoms with E-state index < -0.39 is 12.0 Å². The minimum absolute atomic E-state index is 0.349. The van der Waals surface area contributed by atoms with E-state index in [-0.39, 0.29) is 6.03 Å². The average Bonchev–Trinajstić information content (AvgIpc) is 2.86. The molecule has 1 fully saturated rings. The van der Waals surface area contributed by atoms with Crippen molar-refractivity contribution in [2.45, 2.75) is 26.8 Å². The molecule has 8 heteroatoms. The SMILES string of the molecule is CCOc1ccccc1[C@H]1NC(=O)NC(CN2CCN(c3cccc(C)c3C)CC2)=C1C(=O)OC. The van der Waals surface area contributed by atoms with E-state index in [0.717, 1.165) is 31.7 Å². The molecule has 1 saturated heterocycles. The number of nitrogens with one attached hydrogen (secondary N) is 2. The molecule has 0 unspecified atom stereocenters. The summed E-state index contributed by atoms with van der Waals surface area (Å²) >= 11 is 0. The molecule has 0 spiro atoms. The van der Waals surface area contributed by atoms with Gasteiger partial charge in [0.25, 0.3) is 0 Å². The van der Waals surface area contributed by atoms with Crippen molar-refractivity contribution >= 4 is 17.7 Å². The van der Waals surface area contributed by atoms with Crippen LogP contribution in [0.3, 0.4) is 0 Å². The fourth-order valence-corrected chi connectivity index (χ4v) is 4.78. The van der Waals surface area contributed by atoms with E-state index >= 15 is 0 Å². The third-order valence-electron chi connectivity index (χ3n) is 6.76. The lowest BCUT2D eigenvalue weighted by Crippen LogP contribution is -2.52. The van der Waals surface area contributed by atoms with Gasteiger partial charge in [0.1, 0.15) is 5.75 Å². The molecule has 2 N–H and O–H groups in total. The summed E-state index contributed by atoms with van der Waals surface area (Å²) in [5, 5.41) is 5.76. The predicted molar refractivity (Wildman–Crippen MR) is 136 cm³/mol. The van der Waals surface area contributed by atoms with Gasteiger partial charge in [0.15, 0.2) is 0 Å². The lowest BCUT2D eigenvalue weighted by atomic mass is 9.94. The van der Waals surface area contributed by atoms with Crippen LogP contribution in [-0.2, 0) is 9.53 Å². The zero-order valence-electron chi connectivity index (χ0n) is 20.9. The van der Waals surface area contributed by atoms with Gasteiger partial charge in [-0.1, -0.05) is 30.3 Å². The monoisotopic (exact) mass is 478 g/mol. The summed E-state index contributed by atoms with van der Waals surface area (Å²) in [6.07, 6.45) is 0. The molecular weight excluding hydrogens is 444 g/mol. The maximum absolute atomic E-state index is 12.9. The highest BCUT2D eigenvalue weighted by molar-refractivity contribution is 5.95. The molecule has 4 rings (SSSR count). The van der Waals surface area contributed by atoms with Crippen LogP contribution < -0.4 is 20.3 Å². The number of hydrogen-bond donors (Lipinski definition) is 2. The number of rotatable bonds is 7. The predicted octanol–water partition coefficient (Wildman–Crippen LogP) is 3.31. The first-order valence-electron chi connectivity index (χ1n) is 12.1. The van der Waals surface area contributed by atoms with Gasteiger partial charge in [-0.25, -0.2) is 9.59 Å². The Morgan fingerprint density at radius 2 is 1.80 bits per heavy atom. The molecule has 0 radical (unpaired) electrons. The number of benzene rings is 2. The van der Waals surface area contributed by atoms with Crippen LogP contribution in [0.25, 0.3) is 0 Å². The number of carbonyl (C=O) groups is 2. The molecule has 186 valence electrons. The van der Waals surface area contributed by atoms with Gasteiger partial charge in [-0.3, -0.25) is 4.90 Å². The second-order valence-electron chi connectivity index (χ2n) is 8.87. The number of methoxy groups -OCH3 is 1. The summed E-state index contributed by atoms with van der Waals surface area (Å²) < 4.78 is 10.9. The minimum atomic E-state index is -0.662. The number of aryl methyl sites for hydroxylation is 1.